The van der Waals surface area contributed by atoms with E-state index in [0.717, 1.165) is 0 Å². The molecule has 0 aliphatic carbocycles. The highest BCUT2D eigenvalue weighted by Crippen LogP contribution is 2.25. The Morgan fingerprint density at radius 2 is 1.57 bits per heavy atom. The molecule has 21 heavy (non-hydrogen) atoms. The van der Waals surface area contributed by atoms with Crippen LogP contribution >= 0.6 is 8.03 Å². The molecule has 0 bridgehead atoms. The summed E-state index contributed by atoms with van der Waals surface area (Å²) in [7, 11) is -2.46. The molecule has 1 N–H and O–H groups in total. The second kappa shape index (κ2) is 12.6. The van der Waals surface area contributed by atoms with Crippen molar-refractivity contribution in [2.75, 3.05) is 39.6 Å². The van der Waals surface area contributed by atoms with Crippen molar-refractivity contribution in [3.8, 4) is 0 Å². The van der Waals surface area contributed by atoms with Crippen LogP contribution in [0.25, 0.3) is 0 Å². The van der Waals surface area contributed by atoms with Gasteiger partial charge in [0, 0.05) is 6.42 Å². The fourth-order valence-electron chi connectivity index (χ4n) is 1.32. The van der Waals surface area contributed by atoms with Gasteiger partial charge in [0.25, 0.3) is 0 Å². The average molecular weight is 325 g/mol. The number of ether oxygens (including phenoxy) is 4. The molecule has 0 aliphatic heterocycles. The van der Waals surface area contributed by atoms with Crippen LogP contribution in [0.5, 0.6) is 0 Å². The second-order valence-corrected chi connectivity index (χ2v) is 5.26. The molecule has 0 radical (unpaired) electrons. The van der Waals surface area contributed by atoms with Gasteiger partial charge in [-0.3, -0.25) is 0 Å². The second-order valence-electron chi connectivity index (χ2n) is 3.92. The van der Waals surface area contributed by atoms with Crippen LogP contribution in [0.4, 0.5) is 0 Å². The van der Waals surface area contributed by atoms with Gasteiger partial charge >= 0.3 is 20.0 Å². The minimum absolute atomic E-state index is 0.0622. The van der Waals surface area contributed by atoms with E-state index in [0.29, 0.717) is 0 Å². The van der Waals surface area contributed by atoms with Crippen LogP contribution in [0.2, 0.25) is 0 Å². The molecule has 0 fully saturated rings. The van der Waals surface area contributed by atoms with Crippen molar-refractivity contribution in [3.63, 3.8) is 0 Å². The predicted octanol–water partition coefficient (Wildman–Crippen LogP) is 0.639. The maximum atomic E-state index is 11.1. The molecule has 0 aromatic carbocycles. The first kappa shape index (κ1) is 19.9. The molecular formula is C12H22O8P+. The Morgan fingerprint density at radius 3 is 2.05 bits per heavy atom. The molecule has 0 saturated heterocycles. The van der Waals surface area contributed by atoms with E-state index in [2.05, 4.69) is 9.47 Å². The number of carbonyl (C=O) groups excluding carboxylic acids is 2. The lowest BCUT2D eigenvalue weighted by Gasteiger charge is -2.07. The first-order chi connectivity index (χ1) is 10.0. The summed E-state index contributed by atoms with van der Waals surface area (Å²) in [6, 6.07) is 0. The molecule has 2 unspecified atom stereocenters. The highest BCUT2D eigenvalue weighted by atomic mass is 31.1. The van der Waals surface area contributed by atoms with Gasteiger partial charge in [0.05, 0.1) is 26.4 Å². The lowest BCUT2D eigenvalue weighted by Crippen LogP contribution is -2.20. The Bertz CT molecular complexity index is 333. The quantitative estimate of drug-likeness (QED) is 0.316. The van der Waals surface area contributed by atoms with Gasteiger partial charge in [-0.2, -0.15) is 4.89 Å². The lowest BCUT2D eigenvalue weighted by molar-refractivity contribution is -0.149. The minimum atomic E-state index is -2.46. The maximum absolute atomic E-state index is 11.1. The highest BCUT2D eigenvalue weighted by Gasteiger charge is 2.29. The van der Waals surface area contributed by atoms with Crippen molar-refractivity contribution in [2.45, 2.75) is 25.9 Å². The molecule has 9 heteroatoms. The van der Waals surface area contributed by atoms with Crippen LogP contribution < -0.4 is 0 Å². The fraction of sp³-hybridized carbons (Fsp3) is 0.833. The van der Waals surface area contributed by atoms with E-state index in [1.54, 1.807) is 13.8 Å². The first-order valence-corrected chi connectivity index (χ1v) is 7.91. The summed E-state index contributed by atoms with van der Waals surface area (Å²) in [6.07, 6.45) is 0.230. The van der Waals surface area contributed by atoms with Crippen LogP contribution in [0.15, 0.2) is 0 Å². The van der Waals surface area contributed by atoms with E-state index in [1.807, 2.05) is 0 Å². The zero-order valence-electron chi connectivity index (χ0n) is 12.3. The van der Waals surface area contributed by atoms with Gasteiger partial charge in [-0.1, -0.05) is 0 Å². The van der Waals surface area contributed by atoms with E-state index < -0.39 is 25.6 Å². The summed E-state index contributed by atoms with van der Waals surface area (Å²) in [5, 5.41) is 0. The molecule has 0 aliphatic rings. The Balaban J connectivity index is 3.85. The molecule has 122 valence electrons. The smallest absolute Gasteiger partial charge is 0.464 e. The van der Waals surface area contributed by atoms with Gasteiger partial charge in [0.2, 0.25) is 5.66 Å². The zero-order valence-corrected chi connectivity index (χ0v) is 13.2. The normalized spacial score (nSPS) is 12.6. The molecule has 0 aromatic rings. The number of esters is 2. The van der Waals surface area contributed by atoms with Crippen molar-refractivity contribution in [3.05, 3.63) is 0 Å². The third-order valence-corrected chi connectivity index (χ3v) is 3.30. The van der Waals surface area contributed by atoms with Crippen molar-refractivity contribution in [1.82, 2.24) is 0 Å². The Labute approximate surface area is 124 Å². The van der Waals surface area contributed by atoms with Gasteiger partial charge in [0.15, 0.2) is 0 Å². The van der Waals surface area contributed by atoms with Gasteiger partial charge in [-0.25, -0.2) is 9.59 Å². The Morgan fingerprint density at radius 1 is 1.05 bits per heavy atom. The van der Waals surface area contributed by atoms with Crippen LogP contribution in [-0.4, -0.2) is 62.1 Å². The molecular weight excluding hydrogens is 303 g/mol. The third kappa shape index (κ3) is 11.3. The lowest BCUT2D eigenvalue weighted by atomic mass is 10.3. The van der Waals surface area contributed by atoms with Crippen molar-refractivity contribution < 1.29 is 38.0 Å². The number of hydrogen-bond donors (Lipinski definition) is 1. The van der Waals surface area contributed by atoms with Gasteiger partial charge < -0.3 is 18.9 Å². The molecule has 0 saturated carbocycles. The Kier molecular flexibility index (Phi) is 12.0. The number of carbonyl (C=O) groups is 2. The molecule has 0 rings (SSSR count). The summed E-state index contributed by atoms with van der Waals surface area (Å²) in [5.41, 5.74) is -0.670. The first-order valence-electron chi connectivity index (χ1n) is 6.63. The van der Waals surface area contributed by atoms with Crippen molar-refractivity contribution in [1.29, 1.82) is 0 Å². The van der Waals surface area contributed by atoms with Crippen LogP contribution in [0, 0.1) is 0 Å². The SMILES string of the molecule is CCOC(=O)COCCC(COCC(=O)OCC)[P+](=O)O. The van der Waals surface area contributed by atoms with Crippen molar-refractivity contribution >= 4 is 20.0 Å². The van der Waals surface area contributed by atoms with Crippen LogP contribution in [0.3, 0.4) is 0 Å². The van der Waals surface area contributed by atoms with Crippen LogP contribution in [-0.2, 0) is 33.1 Å². The third-order valence-electron chi connectivity index (χ3n) is 2.27. The summed E-state index contributed by atoms with van der Waals surface area (Å²) < 4.78 is 30.5. The molecule has 0 heterocycles. The number of rotatable bonds is 12. The van der Waals surface area contributed by atoms with E-state index >= 15 is 0 Å². The van der Waals surface area contributed by atoms with E-state index in [9.17, 15) is 14.2 Å². The van der Waals surface area contributed by atoms with Crippen molar-refractivity contribution in [2.24, 2.45) is 0 Å². The van der Waals surface area contributed by atoms with Gasteiger partial charge in [-0.05, 0) is 18.4 Å². The standard InChI is InChI=1S/C12H21O8P/c1-3-19-11(13)8-17-6-5-10(21(15)16)7-18-9-12(14)20-4-2/h10H,3-9H2,1-2H3/p+1. The van der Waals surface area contributed by atoms with Gasteiger partial charge in [-0.15, -0.1) is 0 Å². The van der Waals surface area contributed by atoms with E-state index in [1.165, 1.54) is 0 Å². The maximum Gasteiger partial charge on any atom is 0.511 e. The summed E-state index contributed by atoms with van der Waals surface area (Å²) in [5.74, 6) is -1.01. The zero-order chi connectivity index (χ0) is 16.1. The fourth-order valence-corrected chi connectivity index (χ4v) is 1.88. The van der Waals surface area contributed by atoms with E-state index in [-0.39, 0.29) is 46.1 Å². The molecule has 8 nitrogen and oxygen atoms in total. The molecule has 2 atom stereocenters. The summed E-state index contributed by atoms with van der Waals surface area (Å²) in [6.45, 7) is 3.47. The molecule has 0 aromatic heterocycles. The predicted molar refractivity (Wildman–Crippen MR) is 73.1 cm³/mol. The highest BCUT2D eigenvalue weighted by molar-refractivity contribution is 7.38. The monoisotopic (exact) mass is 325 g/mol. The molecule has 0 spiro atoms. The Hall–Kier alpha value is -1.08. The minimum Gasteiger partial charge on any atom is -0.464 e. The van der Waals surface area contributed by atoms with E-state index in [4.69, 9.17) is 14.4 Å². The largest absolute Gasteiger partial charge is 0.511 e. The molecule has 0 amide bonds. The van der Waals surface area contributed by atoms with Crippen LogP contribution in [0.1, 0.15) is 20.3 Å². The topological polar surface area (TPSA) is 108 Å². The summed E-state index contributed by atoms with van der Waals surface area (Å²) in [4.78, 5) is 31.2. The average Bonchev–Trinajstić information content (AvgIpc) is 2.41. The number of hydrogen-bond acceptors (Lipinski definition) is 7. The summed E-state index contributed by atoms with van der Waals surface area (Å²) >= 11 is 0. The van der Waals surface area contributed by atoms with Gasteiger partial charge in [0.1, 0.15) is 13.2 Å².